The van der Waals surface area contributed by atoms with Crippen molar-refractivity contribution in [3.05, 3.63) is 17.9 Å². The molecule has 3 heterocycles. The third-order valence-electron chi connectivity index (χ3n) is 3.83. The van der Waals surface area contributed by atoms with E-state index < -0.39 is 0 Å². The summed E-state index contributed by atoms with van der Waals surface area (Å²) >= 11 is 0. The quantitative estimate of drug-likeness (QED) is 0.899. The fourth-order valence-corrected chi connectivity index (χ4v) is 2.71. The lowest BCUT2D eigenvalue weighted by Crippen LogP contribution is -2.45. The second-order valence-corrected chi connectivity index (χ2v) is 5.32. The number of rotatable bonds is 5. The molecule has 2 aromatic heterocycles. The molecule has 1 N–H and O–H groups in total. The van der Waals surface area contributed by atoms with Crippen molar-refractivity contribution in [2.24, 2.45) is 0 Å². The number of aryl methyl sites for hydroxylation is 1. The summed E-state index contributed by atoms with van der Waals surface area (Å²) in [7, 11) is 0. The Kier molecular flexibility index (Phi) is 4.31. The van der Waals surface area contributed by atoms with Crippen LogP contribution in [0.4, 0.5) is 0 Å². The van der Waals surface area contributed by atoms with Crippen LogP contribution in [0.25, 0.3) is 11.7 Å². The molecule has 7 heteroatoms. The summed E-state index contributed by atoms with van der Waals surface area (Å²) in [6.45, 7) is 8.07. The monoisotopic (exact) mass is 291 g/mol. The number of hydrogen-bond acceptors (Lipinski definition) is 7. The smallest absolute Gasteiger partial charge is 0.295 e. The summed E-state index contributed by atoms with van der Waals surface area (Å²) in [5.41, 5.74) is 0.763. The van der Waals surface area contributed by atoms with Gasteiger partial charge in [-0.2, -0.15) is 4.98 Å². The molecule has 1 unspecified atom stereocenters. The molecule has 0 aliphatic carbocycles. The summed E-state index contributed by atoms with van der Waals surface area (Å²) < 4.78 is 10.7. The van der Waals surface area contributed by atoms with Gasteiger partial charge in [-0.1, -0.05) is 18.5 Å². The van der Waals surface area contributed by atoms with Crippen LogP contribution < -0.4 is 5.32 Å². The fourth-order valence-electron chi connectivity index (χ4n) is 2.71. The van der Waals surface area contributed by atoms with Gasteiger partial charge in [-0.05, 0) is 13.3 Å². The van der Waals surface area contributed by atoms with E-state index in [0.29, 0.717) is 11.7 Å². The molecule has 0 saturated carbocycles. The van der Waals surface area contributed by atoms with Crippen molar-refractivity contribution in [3.63, 3.8) is 0 Å². The van der Waals surface area contributed by atoms with Crippen molar-refractivity contribution in [2.45, 2.75) is 32.7 Å². The van der Waals surface area contributed by atoms with Crippen molar-refractivity contribution >= 4 is 0 Å². The van der Waals surface area contributed by atoms with Gasteiger partial charge in [0.25, 0.3) is 5.89 Å². The molecule has 0 bridgehead atoms. The molecular formula is C14H21N5O2. The van der Waals surface area contributed by atoms with Crippen LogP contribution in [-0.4, -0.2) is 46.2 Å². The van der Waals surface area contributed by atoms with E-state index in [1.165, 1.54) is 6.39 Å². The van der Waals surface area contributed by atoms with Crippen LogP contribution >= 0.6 is 0 Å². The Balaban J connectivity index is 1.83. The minimum atomic E-state index is 0.206. The van der Waals surface area contributed by atoms with E-state index >= 15 is 0 Å². The van der Waals surface area contributed by atoms with Crippen LogP contribution in [0.5, 0.6) is 0 Å². The van der Waals surface area contributed by atoms with Gasteiger partial charge < -0.3 is 14.3 Å². The van der Waals surface area contributed by atoms with Gasteiger partial charge in [0.15, 0.2) is 12.2 Å². The molecular weight excluding hydrogens is 270 g/mol. The summed E-state index contributed by atoms with van der Waals surface area (Å²) in [6, 6.07) is 0.206. The van der Waals surface area contributed by atoms with Gasteiger partial charge in [-0.25, -0.2) is 4.98 Å². The molecule has 114 valence electrons. The Bertz CT molecular complexity index is 573. The Morgan fingerprint density at radius 1 is 1.38 bits per heavy atom. The first-order chi connectivity index (χ1) is 10.3. The van der Waals surface area contributed by atoms with Crippen LogP contribution in [-0.2, 0) is 0 Å². The van der Waals surface area contributed by atoms with E-state index in [4.69, 9.17) is 8.94 Å². The standard InChI is InChI=1S/C14H21N5O2/c1-3-4-11(19-7-5-15-6-8-19)13-17-14(21-18-13)12-10(2)16-9-20-12/h9,11,15H,3-8H2,1-2H3. The normalized spacial score (nSPS) is 18.0. The highest BCUT2D eigenvalue weighted by Crippen LogP contribution is 2.27. The molecule has 1 saturated heterocycles. The summed E-state index contributed by atoms with van der Waals surface area (Å²) in [4.78, 5) is 11.0. The zero-order valence-electron chi connectivity index (χ0n) is 12.5. The molecule has 1 atom stereocenters. The van der Waals surface area contributed by atoms with Crippen LogP contribution in [0, 0.1) is 6.92 Å². The molecule has 0 spiro atoms. The van der Waals surface area contributed by atoms with Gasteiger partial charge in [0, 0.05) is 26.2 Å². The first-order valence-electron chi connectivity index (χ1n) is 7.48. The van der Waals surface area contributed by atoms with Crippen molar-refractivity contribution in [1.82, 2.24) is 25.3 Å². The number of oxazole rings is 1. The molecule has 0 radical (unpaired) electrons. The number of hydrogen-bond donors (Lipinski definition) is 1. The van der Waals surface area contributed by atoms with E-state index in [-0.39, 0.29) is 6.04 Å². The highest BCUT2D eigenvalue weighted by molar-refractivity contribution is 5.46. The molecule has 3 rings (SSSR count). The first-order valence-corrected chi connectivity index (χ1v) is 7.48. The van der Waals surface area contributed by atoms with Crippen LogP contribution in [0.1, 0.15) is 37.3 Å². The Morgan fingerprint density at radius 3 is 2.86 bits per heavy atom. The minimum Gasteiger partial charge on any atom is -0.438 e. The van der Waals surface area contributed by atoms with E-state index in [1.807, 2.05) is 6.92 Å². The van der Waals surface area contributed by atoms with E-state index in [1.54, 1.807) is 0 Å². The van der Waals surface area contributed by atoms with Crippen LogP contribution in [0.3, 0.4) is 0 Å². The summed E-state index contributed by atoms with van der Waals surface area (Å²) in [5, 5.41) is 7.54. The number of aromatic nitrogens is 3. The number of piperazine rings is 1. The Morgan fingerprint density at radius 2 is 2.19 bits per heavy atom. The van der Waals surface area contributed by atoms with E-state index in [2.05, 4.69) is 32.3 Å². The highest BCUT2D eigenvalue weighted by atomic mass is 16.5. The number of nitrogens with one attached hydrogen (secondary N) is 1. The molecule has 1 fully saturated rings. The Labute approximate surface area is 123 Å². The lowest BCUT2D eigenvalue weighted by molar-refractivity contribution is 0.155. The second-order valence-electron chi connectivity index (χ2n) is 5.32. The van der Waals surface area contributed by atoms with Gasteiger partial charge in [0.1, 0.15) is 0 Å². The highest BCUT2D eigenvalue weighted by Gasteiger charge is 2.27. The van der Waals surface area contributed by atoms with E-state index in [9.17, 15) is 0 Å². The molecule has 21 heavy (non-hydrogen) atoms. The maximum Gasteiger partial charge on any atom is 0.295 e. The Hall–Kier alpha value is -1.73. The van der Waals surface area contributed by atoms with Crippen LogP contribution in [0.15, 0.2) is 15.3 Å². The predicted octanol–water partition coefficient (Wildman–Crippen LogP) is 1.78. The molecule has 7 nitrogen and oxygen atoms in total. The molecule has 2 aromatic rings. The predicted molar refractivity (Wildman–Crippen MR) is 76.6 cm³/mol. The third-order valence-corrected chi connectivity index (χ3v) is 3.83. The molecule has 0 aromatic carbocycles. The zero-order chi connectivity index (χ0) is 14.7. The minimum absolute atomic E-state index is 0.206. The molecule has 0 amide bonds. The van der Waals surface area contributed by atoms with Crippen molar-refractivity contribution < 1.29 is 8.94 Å². The topological polar surface area (TPSA) is 80.2 Å². The van der Waals surface area contributed by atoms with Crippen molar-refractivity contribution in [1.29, 1.82) is 0 Å². The SMILES string of the molecule is CCCC(c1noc(-c2ocnc2C)n1)N1CCNCC1. The van der Waals surface area contributed by atoms with Gasteiger partial charge in [0.2, 0.25) is 5.76 Å². The first kappa shape index (κ1) is 14.2. The summed E-state index contributed by atoms with van der Waals surface area (Å²) in [6.07, 6.45) is 3.50. The average molecular weight is 291 g/mol. The summed E-state index contributed by atoms with van der Waals surface area (Å²) in [5.74, 6) is 1.71. The fraction of sp³-hybridized carbons (Fsp3) is 0.643. The molecule has 1 aliphatic heterocycles. The maximum atomic E-state index is 5.37. The third kappa shape index (κ3) is 2.98. The van der Waals surface area contributed by atoms with Gasteiger partial charge in [-0.15, -0.1) is 0 Å². The van der Waals surface area contributed by atoms with Crippen LogP contribution in [0.2, 0.25) is 0 Å². The lowest BCUT2D eigenvalue weighted by atomic mass is 10.1. The number of nitrogens with zero attached hydrogens (tertiary/aromatic N) is 4. The van der Waals surface area contributed by atoms with Gasteiger partial charge in [0.05, 0.1) is 11.7 Å². The van der Waals surface area contributed by atoms with Gasteiger partial charge in [-0.3, -0.25) is 4.90 Å². The van der Waals surface area contributed by atoms with Gasteiger partial charge >= 0.3 is 0 Å². The largest absolute Gasteiger partial charge is 0.438 e. The van der Waals surface area contributed by atoms with Crippen molar-refractivity contribution in [3.8, 4) is 11.7 Å². The van der Waals surface area contributed by atoms with E-state index in [0.717, 1.165) is 50.5 Å². The second kappa shape index (κ2) is 6.36. The van der Waals surface area contributed by atoms with Crippen molar-refractivity contribution in [2.75, 3.05) is 26.2 Å². The lowest BCUT2D eigenvalue weighted by Gasteiger charge is -2.32. The molecule has 1 aliphatic rings. The zero-order valence-corrected chi connectivity index (χ0v) is 12.5. The maximum absolute atomic E-state index is 5.37. The average Bonchev–Trinajstić information content (AvgIpc) is 3.14.